The van der Waals surface area contributed by atoms with Gasteiger partial charge in [0.2, 0.25) is 0 Å². The molecular weight excluding hydrogens is 276 g/mol. The molecule has 124 valence electrons. The Balaban J connectivity index is 1.69. The fourth-order valence-electron chi connectivity index (χ4n) is 7.13. The third kappa shape index (κ3) is 1.84. The molecule has 0 saturated heterocycles. The molecule has 0 aromatic heterocycles. The van der Waals surface area contributed by atoms with Crippen LogP contribution in [-0.4, -0.2) is 28.2 Å². The molecular formula is C19H30O3. The van der Waals surface area contributed by atoms with Gasteiger partial charge in [-0.3, -0.25) is 4.79 Å². The summed E-state index contributed by atoms with van der Waals surface area (Å²) in [5, 5.41) is 21.0. The van der Waals surface area contributed by atoms with Crippen LogP contribution in [0.15, 0.2) is 0 Å². The van der Waals surface area contributed by atoms with Crippen LogP contribution >= 0.6 is 0 Å². The van der Waals surface area contributed by atoms with Gasteiger partial charge in [-0.05, 0) is 74.0 Å². The maximum atomic E-state index is 12.4. The molecule has 0 amide bonds. The van der Waals surface area contributed by atoms with E-state index < -0.39 is 0 Å². The Labute approximate surface area is 133 Å². The number of ketones is 1. The second-order valence-corrected chi connectivity index (χ2v) is 9.16. The number of hydrogen-bond donors (Lipinski definition) is 2. The van der Waals surface area contributed by atoms with E-state index in [2.05, 4.69) is 13.8 Å². The second-order valence-electron chi connectivity index (χ2n) is 9.16. The molecule has 0 aromatic carbocycles. The number of Topliss-reactive ketones (excluding diaryl/α,β-unsaturated/α-hetero) is 1. The van der Waals surface area contributed by atoms with Gasteiger partial charge in [-0.25, -0.2) is 0 Å². The first-order chi connectivity index (χ1) is 10.4. The van der Waals surface area contributed by atoms with Gasteiger partial charge in [0.15, 0.2) is 0 Å². The predicted octanol–water partition coefficient (Wildman–Crippen LogP) is 2.93. The van der Waals surface area contributed by atoms with Crippen molar-refractivity contribution in [1.82, 2.24) is 0 Å². The first kappa shape index (κ1) is 15.1. The molecule has 4 aliphatic carbocycles. The van der Waals surface area contributed by atoms with Crippen LogP contribution < -0.4 is 0 Å². The van der Waals surface area contributed by atoms with E-state index in [1.165, 1.54) is 6.42 Å². The SMILES string of the molecule is C[C@]12CC[C@@H](O)C[C@H]1CC[C@@H]1[C@@H]2[C@H](O)C[C@]2(C)C(=O)CC[C@@H]12. The number of aliphatic hydroxyl groups is 2. The van der Waals surface area contributed by atoms with Crippen molar-refractivity contribution in [2.24, 2.45) is 34.5 Å². The third-order valence-electron chi connectivity index (χ3n) is 8.28. The lowest BCUT2D eigenvalue weighted by Crippen LogP contribution is -2.59. The molecule has 3 heteroatoms. The van der Waals surface area contributed by atoms with Crippen molar-refractivity contribution in [2.45, 2.75) is 77.4 Å². The Bertz CT molecular complexity index is 489. The Kier molecular flexibility index (Phi) is 3.30. The zero-order chi connectivity index (χ0) is 15.7. The maximum absolute atomic E-state index is 12.4. The highest BCUT2D eigenvalue weighted by atomic mass is 16.3. The molecule has 0 unspecified atom stereocenters. The van der Waals surface area contributed by atoms with Crippen LogP contribution in [0.5, 0.6) is 0 Å². The average molecular weight is 306 g/mol. The van der Waals surface area contributed by atoms with Crippen molar-refractivity contribution in [1.29, 1.82) is 0 Å². The molecule has 4 rings (SSSR count). The lowest BCUT2D eigenvalue weighted by atomic mass is 9.44. The van der Waals surface area contributed by atoms with Gasteiger partial charge in [0.05, 0.1) is 12.2 Å². The molecule has 0 heterocycles. The maximum Gasteiger partial charge on any atom is 0.139 e. The summed E-state index contributed by atoms with van der Waals surface area (Å²) in [5.41, 5.74) is -0.105. The fourth-order valence-corrected chi connectivity index (χ4v) is 7.13. The number of rotatable bonds is 0. The molecule has 4 saturated carbocycles. The van der Waals surface area contributed by atoms with Crippen molar-refractivity contribution in [3.8, 4) is 0 Å². The fraction of sp³-hybridized carbons (Fsp3) is 0.947. The van der Waals surface area contributed by atoms with Gasteiger partial charge in [0.25, 0.3) is 0 Å². The number of carbonyl (C=O) groups is 1. The first-order valence-electron chi connectivity index (χ1n) is 9.25. The number of aliphatic hydroxyl groups excluding tert-OH is 2. The minimum absolute atomic E-state index is 0.145. The normalized spacial score (nSPS) is 57.9. The molecule has 3 nitrogen and oxygen atoms in total. The van der Waals surface area contributed by atoms with Crippen LogP contribution in [-0.2, 0) is 4.79 Å². The summed E-state index contributed by atoms with van der Waals surface area (Å²) in [6.45, 7) is 4.48. The van der Waals surface area contributed by atoms with Gasteiger partial charge in [-0.2, -0.15) is 0 Å². The largest absolute Gasteiger partial charge is 0.393 e. The van der Waals surface area contributed by atoms with E-state index in [0.717, 1.165) is 38.5 Å². The Hall–Kier alpha value is -0.410. The van der Waals surface area contributed by atoms with Crippen molar-refractivity contribution in [2.75, 3.05) is 0 Å². The molecule has 8 atom stereocenters. The highest BCUT2D eigenvalue weighted by molar-refractivity contribution is 5.87. The summed E-state index contributed by atoms with van der Waals surface area (Å²) in [4.78, 5) is 12.4. The topological polar surface area (TPSA) is 57.5 Å². The first-order valence-corrected chi connectivity index (χ1v) is 9.25. The molecule has 2 N–H and O–H groups in total. The highest BCUT2D eigenvalue weighted by Crippen LogP contribution is 2.65. The lowest BCUT2D eigenvalue weighted by Gasteiger charge is -2.61. The molecule has 4 fully saturated rings. The van der Waals surface area contributed by atoms with Gasteiger partial charge in [-0.1, -0.05) is 13.8 Å². The van der Waals surface area contributed by atoms with Crippen molar-refractivity contribution >= 4 is 5.78 Å². The number of hydrogen-bond acceptors (Lipinski definition) is 3. The Morgan fingerprint density at radius 2 is 1.86 bits per heavy atom. The zero-order valence-corrected chi connectivity index (χ0v) is 13.9. The van der Waals surface area contributed by atoms with Crippen LogP contribution in [0.4, 0.5) is 0 Å². The summed E-state index contributed by atoms with van der Waals surface area (Å²) < 4.78 is 0. The zero-order valence-electron chi connectivity index (χ0n) is 13.9. The van der Waals surface area contributed by atoms with Gasteiger partial charge in [0, 0.05) is 11.8 Å². The van der Waals surface area contributed by atoms with E-state index in [4.69, 9.17) is 0 Å². The van der Waals surface area contributed by atoms with Crippen molar-refractivity contribution < 1.29 is 15.0 Å². The van der Waals surface area contributed by atoms with Gasteiger partial charge in [-0.15, -0.1) is 0 Å². The molecule has 22 heavy (non-hydrogen) atoms. The van der Waals surface area contributed by atoms with Crippen LogP contribution in [0, 0.1) is 34.5 Å². The van der Waals surface area contributed by atoms with E-state index in [9.17, 15) is 15.0 Å². The molecule has 0 spiro atoms. The van der Waals surface area contributed by atoms with E-state index in [-0.39, 0.29) is 23.0 Å². The Morgan fingerprint density at radius 3 is 2.64 bits per heavy atom. The summed E-state index contributed by atoms with van der Waals surface area (Å²) in [6.07, 6.45) is 7.08. The second kappa shape index (κ2) is 4.80. The molecule has 0 radical (unpaired) electrons. The summed E-state index contributed by atoms with van der Waals surface area (Å²) in [6, 6.07) is 0. The average Bonchev–Trinajstić information content (AvgIpc) is 2.75. The smallest absolute Gasteiger partial charge is 0.139 e. The van der Waals surface area contributed by atoms with Crippen LogP contribution in [0.1, 0.15) is 65.2 Å². The van der Waals surface area contributed by atoms with Gasteiger partial charge < -0.3 is 10.2 Å². The Morgan fingerprint density at radius 1 is 1.09 bits per heavy atom. The predicted molar refractivity (Wildman–Crippen MR) is 84.1 cm³/mol. The molecule has 0 aromatic rings. The van der Waals surface area contributed by atoms with Gasteiger partial charge >= 0.3 is 0 Å². The van der Waals surface area contributed by atoms with Crippen LogP contribution in [0.3, 0.4) is 0 Å². The van der Waals surface area contributed by atoms with E-state index in [0.29, 0.717) is 35.9 Å². The molecule has 4 aliphatic rings. The van der Waals surface area contributed by atoms with E-state index >= 15 is 0 Å². The van der Waals surface area contributed by atoms with E-state index in [1.807, 2.05) is 0 Å². The summed E-state index contributed by atoms with van der Waals surface area (Å²) in [5.74, 6) is 2.27. The minimum Gasteiger partial charge on any atom is -0.393 e. The van der Waals surface area contributed by atoms with Crippen LogP contribution in [0.2, 0.25) is 0 Å². The summed E-state index contributed by atoms with van der Waals surface area (Å²) in [7, 11) is 0. The van der Waals surface area contributed by atoms with E-state index in [1.54, 1.807) is 0 Å². The third-order valence-corrected chi connectivity index (χ3v) is 8.28. The summed E-state index contributed by atoms with van der Waals surface area (Å²) >= 11 is 0. The van der Waals surface area contributed by atoms with Gasteiger partial charge in [0.1, 0.15) is 5.78 Å². The molecule has 0 bridgehead atoms. The number of carbonyl (C=O) groups excluding carboxylic acids is 1. The highest BCUT2D eigenvalue weighted by Gasteiger charge is 2.63. The monoisotopic (exact) mass is 306 g/mol. The number of fused-ring (bicyclic) bond motifs is 5. The minimum atomic E-state index is -0.337. The lowest BCUT2D eigenvalue weighted by molar-refractivity contribution is -0.175. The quantitative estimate of drug-likeness (QED) is 0.723. The van der Waals surface area contributed by atoms with Crippen molar-refractivity contribution in [3.63, 3.8) is 0 Å². The van der Waals surface area contributed by atoms with Crippen molar-refractivity contribution in [3.05, 3.63) is 0 Å². The van der Waals surface area contributed by atoms with Crippen LogP contribution in [0.25, 0.3) is 0 Å². The molecule has 0 aliphatic heterocycles. The standard InChI is InChI=1S/C19H30O3/c1-18-8-7-12(20)9-11(18)3-4-13-14-5-6-16(22)19(14,2)10-15(21)17(13)18/h11-15,17,20-21H,3-10H2,1-2H3/t11-,12-,13+,14+,15-,17-,18+,19+/m1/s1.